The number of Topliss-reactive ketones (excluding diaryl/α,β-unsaturated/α-hetero) is 1. The number of nitrogens with zero attached hydrogens (tertiary/aromatic N) is 2. The summed E-state index contributed by atoms with van der Waals surface area (Å²) >= 11 is 0. The minimum atomic E-state index is -0.0966. The quantitative estimate of drug-likeness (QED) is 0.625. The number of benzene rings is 2. The van der Waals surface area contributed by atoms with E-state index in [9.17, 15) is 4.79 Å². The largest absolute Gasteiger partial charge is 0.496 e. The van der Waals surface area contributed by atoms with Crippen LogP contribution < -0.4 is 14.2 Å². The molecule has 1 fully saturated rings. The summed E-state index contributed by atoms with van der Waals surface area (Å²) in [5.74, 6) is 2.36. The second-order valence-corrected chi connectivity index (χ2v) is 8.69. The Morgan fingerprint density at radius 3 is 2.73 bits per heavy atom. The molecule has 2 aromatic rings. The molecule has 0 aliphatic carbocycles. The molecule has 0 aromatic heterocycles. The van der Waals surface area contributed by atoms with Gasteiger partial charge in [-0.25, -0.2) is 0 Å². The van der Waals surface area contributed by atoms with E-state index in [-0.39, 0.29) is 5.78 Å². The molecular weight excluding hydrogens is 420 g/mol. The van der Waals surface area contributed by atoms with Crippen LogP contribution in [0.3, 0.4) is 0 Å². The Balaban J connectivity index is 1.34. The molecule has 0 atom stereocenters. The maximum atomic E-state index is 13.2. The Hall–Kier alpha value is -2.87. The molecule has 3 aliphatic rings. The fourth-order valence-electron chi connectivity index (χ4n) is 4.69. The van der Waals surface area contributed by atoms with Crippen molar-refractivity contribution in [2.45, 2.75) is 19.9 Å². The summed E-state index contributed by atoms with van der Waals surface area (Å²) in [5, 5.41) is 0. The van der Waals surface area contributed by atoms with Gasteiger partial charge in [-0.15, -0.1) is 0 Å². The monoisotopic (exact) mass is 450 g/mol. The summed E-state index contributed by atoms with van der Waals surface area (Å²) in [5.41, 5.74) is 3.26. The van der Waals surface area contributed by atoms with E-state index in [0.717, 1.165) is 68.3 Å². The molecule has 174 valence electrons. The number of ketones is 1. The highest BCUT2D eigenvalue weighted by Crippen LogP contribution is 2.44. The predicted octanol–water partition coefficient (Wildman–Crippen LogP) is 3.49. The van der Waals surface area contributed by atoms with Gasteiger partial charge in [0.2, 0.25) is 5.78 Å². The van der Waals surface area contributed by atoms with Crippen molar-refractivity contribution in [1.29, 1.82) is 0 Å². The summed E-state index contributed by atoms with van der Waals surface area (Å²) in [6.45, 7) is 8.82. The molecule has 0 radical (unpaired) electrons. The highest BCUT2D eigenvalue weighted by atomic mass is 16.5. The third-order valence-electron chi connectivity index (χ3n) is 6.47. The fourth-order valence-corrected chi connectivity index (χ4v) is 4.69. The lowest BCUT2D eigenvalue weighted by atomic mass is 9.98. The number of carbonyl (C=O) groups is 1. The molecule has 3 heterocycles. The molecular formula is C26H30N2O5. The van der Waals surface area contributed by atoms with Crippen molar-refractivity contribution in [3.63, 3.8) is 0 Å². The van der Waals surface area contributed by atoms with E-state index in [4.69, 9.17) is 18.9 Å². The zero-order valence-electron chi connectivity index (χ0n) is 19.3. The van der Waals surface area contributed by atoms with Gasteiger partial charge in [0.1, 0.15) is 24.0 Å². The molecule has 0 N–H and O–H groups in total. The Morgan fingerprint density at radius 1 is 1.12 bits per heavy atom. The third kappa shape index (κ3) is 4.49. The highest BCUT2D eigenvalue weighted by Gasteiger charge is 2.35. The van der Waals surface area contributed by atoms with E-state index in [2.05, 4.69) is 9.80 Å². The number of allylic oxidation sites excluding steroid dienone is 1. The van der Waals surface area contributed by atoms with Gasteiger partial charge in [0, 0.05) is 31.7 Å². The second-order valence-electron chi connectivity index (χ2n) is 8.69. The predicted molar refractivity (Wildman–Crippen MR) is 125 cm³/mol. The molecule has 7 heteroatoms. The van der Waals surface area contributed by atoms with Crippen molar-refractivity contribution in [3.8, 4) is 17.2 Å². The van der Waals surface area contributed by atoms with E-state index < -0.39 is 0 Å². The van der Waals surface area contributed by atoms with Crippen molar-refractivity contribution in [2.75, 3.05) is 53.2 Å². The Labute approximate surface area is 194 Å². The number of methoxy groups -OCH3 is 1. The standard InChI is InChI=1S/C26H30N2O5/c1-18-14-22-20(16-28(17-32-22)9-5-8-27-10-12-31-13-11-27)26-24(18)25(29)23(33-26)15-19-6-3-4-7-21(19)30-2/h3-4,6-7,14-15H,5,8-13,16-17H2,1-2H3/b23-15-. The average molecular weight is 451 g/mol. The molecule has 3 aliphatic heterocycles. The van der Waals surface area contributed by atoms with Gasteiger partial charge in [-0.3, -0.25) is 14.6 Å². The van der Waals surface area contributed by atoms with Gasteiger partial charge in [0.25, 0.3) is 0 Å². The van der Waals surface area contributed by atoms with Crippen molar-refractivity contribution in [1.82, 2.24) is 9.80 Å². The van der Waals surface area contributed by atoms with Crippen LogP contribution in [0.5, 0.6) is 17.2 Å². The molecule has 7 nitrogen and oxygen atoms in total. The number of aryl methyl sites for hydroxylation is 1. The highest BCUT2D eigenvalue weighted by molar-refractivity contribution is 6.16. The van der Waals surface area contributed by atoms with Crippen LogP contribution in [0.15, 0.2) is 36.1 Å². The van der Waals surface area contributed by atoms with Crippen LogP contribution >= 0.6 is 0 Å². The first-order chi connectivity index (χ1) is 16.1. The molecule has 0 spiro atoms. The normalized spacial score (nSPS) is 19.7. The van der Waals surface area contributed by atoms with Crippen molar-refractivity contribution in [3.05, 3.63) is 58.3 Å². The van der Waals surface area contributed by atoms with E-state index in [1.165, 1.54) is 0 Å². The zero-order valence-corrected chi connectivity index (χ0v) is 19.3. The van der Waals surface area contributed by atoms with Gasteiger partial charge in [0.05, 0.1) is 31.5 Å². The summed E-state index contributed by atoms with van der Waals surface area (Å²) in [4.78, 5) is 17.9. The van der Waals surface area contributed by atoms with Crippen LogP contribution in [0, 0.1) is 6.92 Å². The summed E-state index contributed by atoms with van der Waals surface area (Å²) in [6, 6.07) is 9.56. The van der Waals surface area contributed by atoms with Gasteiger partial charge in [-0.1, -0.05) is 18.2 Å². The van der Waals surface area contributed by atoms with Crippen LogP contribution in [0.2, 0.25) is 0 Å². The topological polar surface area (TPSA) is 60.5 Å². The number of ether oxygens (including phenoxy) is 4. The minimum absolute atomic E-state index is 0.0966. The average Bonchev–Trinajstić information content (AvgIpc) is 3.17. The van der Waals surface area contributed by atoms with Gasteiger partial charge in [0.15, 0.2) is 5.76 Å². The van der Waals surface area contributed by atoms with E-state index in [1.807, 2.05) is 37.3 Å². The number of fused-ring (bicyclic) bond motifs is 3. The van der Waals surface area contributed by atoms with E-state index in [0.29, 0.717) is 36.1 Å². The number of morpholine rings is 1. The van der Waals surface area contributed by atoms with Crippen LogP contribution in [-0.2, 0) is 11.3 Å². The first kappa shape index (κ1) is 21.9. The summed E-state index contributed by atoms with van der Waals surface area (Å²) < 4.78 is 23.1. The van der Waals surface area contributed by atoms with Crippen LogP contribution in [0.4, 0.5) is 0 Å². The van der Waals surface area contributed by atoms with Gasteiger partial charge < -0.3 is 18.9 Å². The van der Waals surface area contributed by atoms with Crippen LogP contribution in [-0.4, -0.2) is 68.8 Å². The number of para-hydroxylation sites is 1. The summed E-state index contributed by atoms with van der Waals surface area (Å²) in [7, 11) is 1.62. The first-order valence-corrected chi connectivity index (χ1v) is 11.5. The third-order valence-corrected chi connectivity index (χ3v) is 6.47. The van der Waals surface area contributed by atoms with Crippen molar-refractivity contribution in [2.24, 2.45) is 0 Å². The van der Waals surface area contributed by atoms with Crippen LogP contribution in [0.25, 0.3) is 6.08 Å². The lowest BCUT2D eigenvalue weighted by Gasteiger charge is -2.31. The number of carbonyl (C=O) groups excluding carboxylic acids is 1. The molecule has 33 heavy (non-hydrogen) atoms. The smallest absolute Gasteiger partial charge is 0.232 e. The van der Waals surface area contributed by atoms with Gasteiger partial charge in [-0.2, -0.15) is 0 Å². The molecule has 0 saturated carbocycles. The Bertz CT molecular complexity index is 1070. The second kappa shape index (κ2) is 9.55. The number of hydrogen-bond donors (Lipinski definition) is 0. The van der Waals surface area contributed by atoms with Gasteiger partial charge >= 0.3 is 0 Å². The maximum Gasteiger partial charge on any atom is 0.232 e. The summed E-state index contributed by atoms with van der Waals surface area (Å²) in [6.07, 6.45) is 2.82. The Morgan fingerprint density at radius 2 is 1.91 bits per heavy atom. The molecule has 5 rings (SSSR count). The van der Waals surface area contributed by atoms with Crippen LogP contribution in [0.1, 0.15) is 33.5 Å². The Kier molecular flexibility index (Phi) is 6.35. The first-order valence-electron chi connectivity index (χ1n) is 11.5. The fraction of sp³-hybridized carbons (Fsp3) is 0.423. The number of hydrogen-bond acceptors (Lipinski definition) is 7. The zero-order chi connectivity index (χ0) is 22.8. The lowest BCUT2D eigenvalue weighted by molar-refractivity contribution is 0.0329. The lowest BCUT2D eigenvalue weighted by Crippen LogP contribution is -2.39. The van der Waals surface area contributed by atoms with Gasteiger partial charge in [-0.05, 0) is 43.7 Å². The van der Waals surface area contributed by atoms with E-state index >= 15 is 0 Å². The molecule has 0 bridgehead atoms. The molecule has 1 saturated heterocycles. The SMILES string of the molecule is COc1ccccc1/C=C1\Oc2c3c(cc(C)c2C1=O)OCN(CCCN1CCOCC1)C3. The minimum Gasteiger partial charge on any atom is -0.496 e. The van der Waals surface area contributed by atoms with Crippen molar-refractivity contribution < 1.29 is 23.7 Å². The number of rotatable bonds is 6. The molecule has 0 amide bonds. The molecule has 0 unspecified atom stereocenters. The molecule has 2 aromatic carbocycles. The maximum absolute atomic E-state index is 13.2. The van der Waals surface area contributed by atoms with E-state index in [1.54, 1.807) is 13.2 Å². The van der Waals surface area contributed by atoms with Crippen molar-refractivity contribution >= 4 is 11.9 Å².